The fourth-order valence-electron chi connectivity index (χ4n) is 3.81. The fourth-order valence-corrected chi connectivity index (χ4v) is 3.81. The van der Waals surface area contributed by atoms with Crippen LogP contribution in [0.25, 0.3) is 0 Å². The van der Waals surface area contributed by atoms with Crippen LogP contribution < -0.4 is 10.6 Å². The zero-order valence-corrected chi connectivity index (χ0v) is 16.9. The van der Waals surface area contributed by atoms with E-state index in [1.165, 1.54) is 17.7 Å². The van der Waals surface area contributed by atoms with Gasteiger partial charge in [0.25, 0.3) is 0 Å². The van der Waals surface area contributed by atoms with Crippen LogP contribution in [-0.4, -0.2) is 18.4 Å². The van der Waals surface area contributed by atoms with E-state index in [0.717, 1.165) is 43.4 Å². The van der Waals surface area contributed by atoms with E-state index in [0.29, 0.717) is 13.0 Å². The van der Waals surface area contributed by atoms with E-state index in [2.05, 4.69) is 17.6 Å². The van der Waals surface area contributed by atoms with Crippen LogP contribution in [0.5, 0.6) is 0 Å². The number of carbonyl (C=O) groups is 2. The number of carbonyl (C=O) groups excluding carboxylic acids is 2. The molecule has 2 aromatic carbocycles. The lowest BCUT2D eigenvalue weighted by Gasteiger charge is -2.27. The van der Waals surface area contributed by atoms with E-state index in [1.807, 2.05) is 24.3 Å². The summed E-state index contributed by atoms with van der Waals surface area (Å²) in [6, 6.07) is 14.3. The smallest absolute Gasteiger partial charge is 0.227 e. The second-order valence-corrected chi connectivity index (χ2v) is 7.76. The van der Waals surface area contributed by atoms with Gasteiger partial charge >= 0.3 is 0 Å². The monoisotopic (exact) mass is 396 g/mol. The number of amides is 2. The fraction of sp³-hybridized carbons (Fsp3) is 0.417. The number of hydrogen-bond donors (Lipinski definition) is 2. The molecule has 2 amide bonds. The lowest BCUT2D eigenvalue weighted by molar-refractivity contribution is -0.128. The second-order valence-electron chi connectivity index (χ2n) is 7.76. The SMILES string of the molecule is CCc1ccc(NC(=O)C2CCC(C(=O)NCCc3ccc(F)cc3)CC2)cc1. The molecule has 1 saturated carbocycles. The first kappa shape index (κ1) is 21.0. The maximum atomic E-state index is 12.9. The molecule has 5 heteroatoms. The summed E-state index contributed by atoms with van der Waals surface area (Å²) in [6.07, 6.45) is 4.58. The van der Waals surface area contributed by atoms with E-state index < -0.39 is 0 Å². The van der Waals surface area contributed by atoms with Crippen molar-refractivity contribution in [1.82, 2.24) is 5.32 Å². The van der Waals surface area contributed by atoms with Gasteiger partial charge in [-0.15, -0.1) is 0 Å². The summed E-state index contributed by atoms with van der Waals surface area (Å²) in [4.78, 5) is 24.9. The lowest BCUT2D eigenvalue weighted by atomic mass is 9.81. The van der Waals surface area contributed by atoms with Crippen LogP contribution in [0.1, 0.15) is 43.7 Å². The van der Waals surface area contributed by atoms with Crippen molar-refractivity contribution >= 4 is 17.5 Å². The molecule has 1 aliphatic carbocycles. The summed E-state index contributed by atoms with van der Waals surface area (Å²) in [6.45, 7) is 2.64. The molecular weight excluding hydrogens is 367 g/mol. The van der Waals surface area contributed by atoms with Gasteiger partial charge in [0.15, 0.2) is 0 Å². The highest BCUT2D eigenvalue weighted by atomic mass is 19.1. The standard InChI is InChI=1S/C24H29FN2O2/c1-2-17-5-13-22(14-6-17)27-24(29)20-9-7-19(8-10-20)23(28)26-16-15-18-3-11-21(25)12-4-18/h3-6,11-14,19-20H,2,7-10,15-16H2,1H3,(H,26,28)(H,27,29). The van der Waals surface area contributed by atoms with Crippen LogP contribution in [0.2, 0.25) is 0 Å². The van der Waals surface area contributed by atoms with Crippen molar-refractivity contribution in [1.29, 1.82) is 0 Å². The van der Waals surface area contributed by atoms with Gasteiger partial charge in [-0.25, -0.2) is 4.39 Å². The van der Waals surface area contributed by atoms with Crippen molar-refractivity contribution in [2.24, 2.45) is 11.8 Å². The second kappa shape index (κ2) is 10.2. The van der Waals surface area contributed by atoms with Gasteiger partial charge in [0.05, 0.1) is 0 Å². The zero-order chi connectivity index (χ0) is 20.6. The predicted octanol–water partition coefficient (Wildman–Crippen LogP) is 4.49. The molecule has 0 heterocycles. The van der Waals surface area contributed by atoms with Crippen molar-refractivity contribution in [2.75, 3.05) is 11.9 Å². The molecule has 3 rings (SSSR count). The van der Waals surface area contributed by atoms with Crippen LogP contribution in [0.3, 0.4) is 0 Å². The van der Waals surface area contributed by atoms with Gasteiger partial charge in [0.2, 0.25) is 11.8 Å². The van der Waals surface area contributed by atoms with Crippen molar-refractivity contribution in [3.63, 3.8) is 0 Å². The van der Waals surface area contributed by atoms with Crippen molar-refractivity contribution in [2.45, 2.75) is 45.4 Å². The molecule has 0 aromatic heterocycles. The molecule has 0 saturated heterocycles. The van der Waals surface area contributed by atoms with Crippen molar-refractivity contribution in [3.8, 4) is 0 Å². The average molecular weight is 397 g/mol. The molecule has 29 heavy (non-hydrogen) atoms. The molecule has 1 fully saturated rings. The Morgan fingerprint density at radius 1 is 0.862 bits per heavy atom. The third-order valence-electron chi connectivity index (χ3n) is 5.72. The molecule has 2 N–H and O–H groups in total. The van der Waals surface area contributed by atoms with Gasteiger partial charge in [-0.3, -0.25) is 9.59 Å². The number of anilines is 1. The van der Waals surface area contributed by atoms with E-state index >= 15 is 0 Å². The van der Waals surface area contributed by atoms with E-state index in [9.17, 15) is 14.0 Å². The van der Waals surface area contributed by atoms with E-state index in [1.54, 1.807) is 12.1 Å². The van der Waals surface area contributed by atoms with Crippen LogP contribution >= 0.6 is 0 Å². The van der Waals surface area contributed by atoms with E-state index in [4.69, 9.17) is 0 Å². The Hall–Kier alpha value is -2.69. The molecule has 2 aromatic rings. The molecule has 0 aliphatic heterocycles. The Morgan fingerprint density at radius 3 is 2.00 bits per heavy atom. The Kier molecular flexibility index (Phi) is 7.39. The maximum absolute atomic E-state index is 12.9. The average Bonchev–Trinajstić information content (AvgIpc) is 2.75. The molecule has 4 nitrogen and oxygen atoms in total. The molecule has 0 unspecified atom stereocenters. The quantitative estimate of drug-likeness (QED) is 0.724. The summed E-state index contributed by atoms with van der Waals surface area (Å²) in [7, 11) is 0. The largest absolute Gasteiger partial charge is 0.356 e. The van der Waals surface area contributed by atoms with Crippen LogP contribution in [0.15, 0.2) is 48.5 Å². The minimum Gasteiger partial charge on any atom is -0.356 e. The Labute approximate surface area is 171 Å². The Balaban J connectivity index is 1.39. The first-order valence-electron chi connectivity index (χ1n) is 10.5. The van der Waals surface area contributed by atoms with Gasteiger partial charge in [-0.1, -0.05) is 31.2 Å². The number of aryl methyl sites for hydroxylation is 1. The van der Waals surface area contributed by atoms with E-state index in [-0.39, 0.29) is 29.5 Å². The molecule has 0 radical (unpaired) electrons. The summed E-state index contributed by atoms with van der Waals surface area (Å²) >= 11 is 0. The minimum absolute atomic E-state index is 0.0314. The number of hydrogen-bond acceptors (Lipinski definition) is 2. The third-order valence-corrected chi connectivity index (χ3v) is 5.72. The first-order chi connectivity index (χ1) is 14.0. The lowest BCUT2D eigenvalue weighted by Crippen LogP contribution is -2.36. The highest BCUT2D eigenvalue weighted by Gasteiger charge is 2.29. The topological polar surface area (TPSA) is 58.2 Å². The third kappa shape index (κ3) is 6.14. The van der Waals surface area contributed by atoms with Crippen LogP contribution in [0.4, 0.5) is 10.1 Å². The number of benzene rings is 2. The van der Waals surface area contributed by atoms with Gasteiger partial charge in [-0.05, 0) is 73.9 Å². The molecular formula is C24H29FN2O2. The molecule has 0 spiro atoms. The summed E-state index contributed by atoms with van der Waals surface area (Å²) in [5.41, 5.74) is 3.07. The number of nitrogens with one attached hydrogen (secondary N) is 2. The Morgan fingerprint density at radius 2 is 1.41 bits per heavy atom. The number of halogens is 1. The Bertz CT molecular complexity index is 810. The first-order valence-corrected chi connectivity index (χ1v) is 10.5. The number of rotatable bonds is 7. The minimum atomic E-state index is -0.253. The molecule has 1 aliphatic rings. The van der Waals surface area contributed by atoms with Crippen molar-refractivity contribution < 1.29 is 14.0 Å². The van der Waals surface area contributed by atoms with Gasteiger partial charge in [0.1, 0.15) is 5.82 Å². The summed E-state index contributed by atoms with van der Waals surface area (Å²) < 4.78 is 12.9. The molecule has 154 valence electrons. The normalized spacial score (nSPS) is 18.8. The van der Waals surface area contributed by atoms with Crippen LogP contribution in [0, 0.1) is 17.7 Å². The predicted molar refractivity (Wildman–Crippen MR) is 113 cm³/mol. The zero-order valence-electron chi connectivity index (χ0n) is 16.9. The summed E-state index contributed by atoms with van der Waals surface area (Å²) in [5, 5.41) is 5.97. The van der Waals surface area contributed by atoms with Gasteiger partial charge in [0, 0.05) is 24.1 Å². The maximum Gasteiger partial charge on any atom is 0.227 e. The highest BCUT2D eigenvalue weighted by molar-refractivity contribution is 5.92. The highest BCUT2D eigenvalue weighted by Crippen LogP contribution is 2.30. The molecule has 0 bridgehead atoms. The van der Waals surface area contributed by atoms with Gasteiger partial charge in [-0.2, -0.15) is 0 Å². The van der Waals surface area contributed by atoms with Crippen LogP contribution in [-0.2, 0) is 22.4 Å². The summed E-state index contributed by atoms with van der Waals surface area (Å²) in [5.74, 6) is -0.220. The van der Waals surface area contributed by atoms with Gasteiger partial charge < -0.3 is 10.6 Å². The van der Waals surface area contributed by atoms with Crippen molar-refractivity contribution in [3.05, 3.63) is 65.5 Å². The molecule has 0 atom stereocenters.